The predicted molar refractivity (Wildman–Crippen MR) is 136 cm³/mol. The summed E-state index contributed by atoms with van der Waals surface area (Å²) in [7, 11) is 0. The fourth-order valence-electron chi connectivity index (χ4n) is 4.63. The SMILES string of the molecule is Nc1ncnc2c1c(-c1ccc(Oc3ccccc3)cc1)nn2C1CCCN(C(=O)CCCC=O)C1. The lowest BCUT2D eigenvalue weighted by Gasteiger charge is -2.33. The van der Waals surface area contributed by atoms with Crippen LogP contribution in [0, 0.1) is 0 Å². The minimum absolute atomic E-state index is 0.0278. The minimum Gasteiger partial charge on any atom is -0.457 e. The lowest BCUT2D eigenvalue weighted by molar-refractivity contribution is -0.133. The molecule has 1 unspecified atom stereocenters. The number of aromatic nitrogens is 4. The van der Waals surface area contributed by atoms with Crippen LogP contribution >= 0.6 is 0 Å². The second-order valence-corrected chi connectivity index (χ2v) is 8.88. The molecule has 2 N–H and O–H groups in total. The molecule has 184 valence electrons. The first-order chi connectivity index (χ1) is 17.6. The number of anilines is 1. The molecule has 1 saturated heterocycles. The van der Waals surface area contributed by atoms with Crippen LogP contribution in [0.4, 0.5) is 5.82 Å². The number of piperidine rings is 1. The normalized spacial score (nSPS) is 15.7. The van der Waals surface area contributed by atoms with Gasteiger partial charge >= 0.3 is 0 Å². The minimum atomic E-state index is -0.0278. The Hall–Kier alpha value is -4.27. The summed E-state index contributed by atoms with van der Waals surface area (Å²) in [5.41, 5.74) is 8.52. The van der Waals surface area contributed by atoms with Crippen LogP contribution in [-0.4, -0.2) is 49.9 Å². The molecule has 1 atom stereocenters. The number of aldehydes is 1. The summed E-state index contributed by atoms with van der Waals surface area (Å²) >= 11 is 0. The Morgan fingerprint density at radius 1 is 1.08 bits per heavy atom. The van der Waals surface area contributed by atoms with Gasteiger partial charge in [-0.3, -0.25) is 4.79 Å². The Morgan fingerprint density at radius 3 is 2.64 bits per heavy atom. The van der Waals surface area contributed by atoms with E-state index < -0.39 is 0 Å². The van der Waals surface area contributed by atoms with Gasteiger partial charge in [0.25, 0.3) is 0 Å². The predicted octanol–water partition coefficient (Wildman–Crippen LogP) is 4.40. The maximum absolute atomic E-state index is 12.7. The van der Waals surface area contributed by atoms with E-state index in [1.165, 1.54) is 6.33 Å². The molecule has 0 aliphatic carbocycles. The Morgan fingerprint density at radius 2 is 1.86 bits per heavy atom. The van der Waals surface area contributed by atoms with E-state index in [1.807, 2.05) is 64.2 Å². The summed E-state index contributed by atoms with van der Waals surface area (Å²) in [6, 6.07) is 17.3. The van der Waals surface area contributed by atoms with Gasteiger partial charge in [0.2, 0.25) is 5.91 Å². The van der Waals surface area contributed by atoms with E-state index in [4.69, 9.17) is 15.6 Å². The van der Waals surface area contributed by atoms with E-state index in [2.05, 4.69) is 9.97 Å². The second-order valence-electron chi connectivity index (χ2n) is 8.88. The van der Waals surface area contributed by atoms with Crippen molar-refractivity contribution in [3.8, 4) is 22.8 Å². The summed E-state index contributed by atoms with van der Waals surface area (Å²) in [6.45, 7) is 1.26. The summed E-state index contributed by atoms with van der Waals surface area (Å²) in [5, 5.41) is 5.63. The van der Waals surface area contributed by atoms with Crippen molar-refractivity contribution in [2.24, 2.45) is 0 Å². The topological polar surface area (TPSA) is 116 Å². The Kier molecular flexibility index (Phi) is 6.88. The number of carbonyl (C=O) groups excluding carboxylic acids is 2. The van der Waals surface area contributed by atoms with Gasteiger partial charge in [-0.05, 0) is 55.7 Å². The van der Waals surface area contributed by atoms with Gasteiger partial charge in [-0.25, -0.2) is 14.6 Å². The molecule has 0 spiro atoms. The third-order valence-electron chi connectivity index (χ3n) is 6.43. The molecule has 4 aromatic rings. The number of para-hydroxylation sites is 1. The number of carbonyl (C=O) groups is 2. The Labute approximate surface area is 208 Å². The maximum Gasteiger partial charge on any atom is 0.222 e. The van der Waals surface area contributed by atoms with Crippen molar-refractivity contribution >= 4 is 29.0 Å². The van der Waals surface area contributed by atoms with E-state index in [0.29, 0.717) is 60.6 Å². The molecule has 1 aliphatic rings. The van der Waals surface area contributed by atoms with Gasteiger partial charge in [-0.2, -0.15) is 5.10 Å². The average molecular weight is 485 g/mol. The van der Waals surface area contributed by atoms with Crippen molar-refractivity contribution in [2.75, 3.05) is 18.8 Å². The number of hydrogen-bond acceptors (Lipinski definition) is 7. The number of nitrogens with zero attached hydrogens (tertiary/aromatic N) is 5. The molecule has 2 aromatic carbocycles. The van der Waals surface area contributed by atoms with Gasteiger partial charge in [-0.15, -0.1) is 0 Å². The zero-order valence-corrected chi connectivity index (χ0v) is 19.9. The summed E-state index contributed by atoms with van der Waals surface area (Å²) < 4.78 is 7.81. The van der Waals surface area contributed by atoms with Gasteiger partial charge in [0.1, 0.15) is 35.6 Å². The zero-order valence-electron chi connectivity index (χ0n) is 19.9. The fourth-order valence-corrected chi connectivity index (χ4v) is 4.63. The van der Waals surface area contributed by atoms with E-state index in [1.54, 1.807) is 0 Å². The number of likely N-dealkylation sites (tertiary alicyclic amines) is 1. The van der Waals surface area contributed by atoms with E-state index >= 15 is 0 Å². The molecule has 9 heteroatoms. The number of benzene rings is 2. The van der Waals surface area contributed by atoms with Crippen molar-refractivity contribution in [3.63, 3.8) is 0 Å². The average Bonchev–Trinajstić information content (AvgIpc) is 3.31. The number of amides is 1. The van der Waals surface area contributed by atoms with Crippen LogP contribution in [0.3, 0.4) is 0 Å². The van der Waals surface area contributed by atoms with Crippen LogP contribution in [0.1, 0.15) is 38.1 Å². The highest BCUT2D eigenvalue weighted by Crippen LogP contribution is 2.35. The summed E-state index contributed by atoms with van der Waals surface area (Å²) in [4.78, 5) is 33.9. The van der Waals surface area contributed by atoms with Gasteiger partial charge < -0.3 is 20.2 Å². The number of rotatable bonds is 8. The largest absolute Gasteiger partial charge is 0.457 e. The van der Waals surface area contributed by atoms with E-state index in [0.717, 1.165) is 30.4 Å². The summed E-state index contributed by atoms with van der Waals surface area (Å²) in [5.74, 6) is 1.92. The molecular weight excluding hydrogens is 456 g/mol. The first-order valence-electron chi connectivity index (χ1n) is 12.2. The molecule has 3 heterocycles. The van der Waals surface area contributed by atoms with Gasteiger partial charge in [-0.1, -0.05) is 18.2 Å². The monoisotopic (exact) mass is 484 g/mol. The first kappa shape index (κ1) is 23.5. The molecule has 2 aromatic heterocycles. The quantitative estimate of drug-likeness (QED) is 0.291. The van der Waals surface area contributed by atoms with E-state index in [-0.39, 0.29) is 11.9 Å². The van der Waals surface area contributed by atoms with Crippen molar-refractivity contribution in [3.05, 3.63) is 60.9 Å². The highest BCUT2D eigenvalue weighted by molar-refractivity contribution is 5.98. The molecule has 36 heavy (non-hydrogen) atoms. The van der Waals surface area contributed by atoms with Crippen molar-refractivity contribution < 1.29 is 14.3 Å². The number of nitrogens with two attached hydrogens (primary N) is 1. The number of fused-ring (bicyclic) bond motifs is 1. The highest BCUT2D eigenvalue weighted by atomic mass is 16.5. The Bertz CT molecular complexity index is 1350. The molecule has 1 amide bonds. The zero-order chi connectivity index (χ0) is 24.9. The highest BCUT2D eigenvalue weighted by Gasteiger charge is 2.28. The molecule has 0 saturated carbocycles. The molecule has 9 nitrogen and oxygen atoms in total. The molecule has 5 rings (SSSR count). The molecule has 0 radical (unpaired) electrons. The summed E-state index contributed by atoms with van der Waals surface area (Å²) in [6.07, 6.45) is 5.40. The number of hydrogen-bond donors (Lipinski definition) is 1. The number of unbranched alkanes of at least 4 members (excludes halogenated alkanes) is 1. The molecule has 0 bridgehead atoms. The van der Waals surface area contributed by atoms with Gasteiger partial charge in [0, 0.05) is 31.5 Å². The van der Waals surface area contributed by atoms with Crippen molar-refractivity contribution in [1.82, 2.24) is 24.6 Å². The van der Waals surface area contributed by atoms with Gasteiger partial charge in [0.05, 0.1) is 11.4 Å². The molecule has 1 aliphatic heterocycles. The fraction of sp³-hybridized carbons (Fsp3) is 0.296. The second kappa shape index (κ2) is 10.6. The standard InChI is InChI=1S/C27H28N6O3/c28-26-24-25(19-11-13-22(14-12-19)36-21-8-2-1-3-9-21)31-33(27(24)30-18-29-26)20-7-6-15-32(17-20)23(35)10-4-5-16-34/h1-3,8-9,11-14,16,18,20H,4-7,10,15,17H2,(H2,28,29,30). The van der Waals surface area contributed by atoms with Crippen molar-refractivity contribution in [1.29, 1.82) is 0 Å². The smallest absolute Gasteiger partial charge is 0.222 e. The third-order valence-corrected chi connectivity index (χ3v) is 6.43. The van der Waals surface area contributed by atoms with Crippen LogP contribution in [0.2, 0.25) is 0 Å². The number of nitrogen functional groups attached to an aromatic ring is 1. The Balaban J connectivity index is 1.42. The van der Waals surface area contributed by atoms with Crippen LogP contribution in [0.5, 0.6) is 11.5 Å². The van der Waals surface area contributed by atoms with Crippen molar-refractivity contribution in [2.45, 2.75) is 38.1 Å². The lowest BCUT2D eigenvalue weighted by Crippen LogP contribution is -2.40. The van der Waals surface area contributed by atoms with Crippen LogP contribution in [-0.2, 0) is 9.59 Å². The third kappa shape index (κ3) is 4.91. The molecular formula is C27H28N6O3. The van der Waals surface area contributed by atoms with Gasteiger partial charge in [0.15, 0.2) is 5.65 Å². The van der Waals surface area contributed by atoms with Crippen LogP contribution < -0.4 is 10.5 Å². The van der Waals surface area contributed by atoms with Crippen LogP contribution in [0.25, 0.3) is 22.3 Å². The lowest BCUT2D eigenvalue weighted by atomic mass is 10.0. The maximum atomic E-state index is 12.7. The van der Waals surface area contributed by atoms with E-state index in [9.17, 15) is 9.59 Å². The first-order valence-corrected chi connectivity index (χ1v) is 12.2. The molecule has 1 fully saturated rings. The van der Waals surface area contributed by atoms with Crippen LogP contribution in [0.15, 0.2) is 60.9 Å². The number of ether oxygens (including phenoxy) is 1.